The maximum absolute atomic E-state index is 12.0. The molecule has 122 valence electrons. The van der Waals surface area contributed by atoms with Crippen molar-refractivity contribution in [2.75, 3.05) is 32.9 Å². The summed E-state index contributed by atoms with van der Waals surface area (Å²) in [6.45, 7) is 2.36. The van der Waals surface area contributed by atoms with E-state index in [0.717, 1.165) is 6.07 Å². The Hall–Kier alpha value is -2.00. The number of nitro benzene ring substituents is 1. The highest BCUT2D eigenvalue weighted by molar-refractivity contribution is 7.91. The van der Waals surface area contributed by atoms with Crippen LogP contribution in [0.15, 0.2) is 23.1 Å². The maximum atomic E-state index is 12.0. The van der Waals surface area contributed by atoms with Crippen LogP contribution in [0.4, 0.5) is 5.69 Å². The van der Waals surface area contributed by atoms with Gasteiger partial charge in [-0.2, -0.15) is 0 Å². The van der Waals surface area contributed by atoms with Crippen LogP contribution in [0.1, 0.15) is 17.3 Å². The number of carbonyl (C=O) groups excluding carboxylic acids is 1. The van der Waals surface area contributed by atoms with Gasteiger partial charge in [-0.25, -0.2) is 8.42 Å². The first kappa shape index (κ1) is 18.1. The molecule has 1 aromatic rings. The molecule has 1 aromatic carbocycles. The van der Waals surface area contributed by atoms with E-state index < -0.39 is 26.4 Å². The summed E-state index contributed by atoms with van der Waals surface area (Å²) in [5.41, 5.74) is -0.671. The van der Waals surface area contributed by atoms with Gasteiger partial charge in [-0.3, -0.25) is 14.9 Å². The number of likely N-dealkylation sites (N-methyl/N-ethyl adjacent to an activating group) is 1. The minimum atomic E-state index is -3.57. The molecular formula is C13H19N3O5S. The predicted molar refractivity (Wildman–Crippen MR) is 81.7 cm³/mol. The van der Waals surface area contributed by atoms with Crippen LogP contribution in [0.3, 0.4) is 0 Å². The Morgan fingerprint density at radius 1 is 1.36 bits per heavy atom. The Morgan fingerprint density at radius 2 is 2.00 bits per heavy atom. The fourth-order valence-electron chi connectivity index (χ4n) is 1.70. The molecule has 0 aromatic heterocycles. The Bertz CT molecular complexity index is 670. The van der Waals surface area contributed by atoms with Crippen LogP contribution in [0.5, 0.6) is 0 Å². The Balaban J connectivity index is 3.10. The van der Waals surface area contributed by atoms with Crippen LogP contribution in [-0.4, -0.2) is 57.1 Å². The van der Waals surface area contributed by atoms with Crippen molar-refractivity contribution in [1.29, 1.82) is 0 Å². The molecule has 1 N–H and O–H groups in total. The lowest BCUT2D eigenvalue weighted by molar-refractivity contribution is -0.385. The zero-order valence-corrected chi connectivity index (χ0v) is 13.5. The highest BCUT2D eigenvalue weighted by atomic mass is 32.2. The van der Waals surface area contributed by atoms with Gasteiger partial charge in [0.1, 0.15) is 5.56 Å². The average molecular weight is 329 g/mol. The van der Waals surface area contributed by atoms with Crippen molar-refractivity contribution in [3.05, 3.63) is 33.9 Å². The van der Waals surface area contributed by atoms with Crippen LogP contribution < -0.4 is 5.32 Å². The second-order valence-corrected chi connectivity index (χ2v) is 7.18. The third kappa shape index (κ3) is 4.50. The molecule has 0 radical (unpaired) electrons. The summed E-state index contributed by atoms with van der Waals surface area (Å²) in [4.78, 5) is 24.0. The average Bonchev–Trinajstić information content (AvgIpc) is 2.45. The Morgan fingerprint density at radius 3 is 2.50 bits per heavy atom. The smallest absolute Gasteiger partial charge is 0.283 e. The number of sulfone groups is 1. The highest BCUT2D eigenvalue weighted by Crippen LogP contribution is 2.23. The minimum Gasteiger partial charge on any atom is -0.351 e. The van der Waals surface area contributed by atoms with Gasteiger partial charge in [0.05, 0.1) is 15.6 Å². The summed E-state index contributed by atoms with van der Waals surface area (Å²) in [6.07, 6.45) is 0. The summed E-state index contributed by atoms with van der Waals surface area (Å²) >= 11 is 0. The van der Waals surface area contributed by atoms with Gasteiger partial charge in [-0.1, -0.05) is 6.92 Å². The van der Waals surface area contributed by atoms with Gasteiger partial charge in [0.2, 0.25) is 0 Å². The van der Waals surface area contributed by atoms with E-state index in [1.165, 1.54) is 19.1 Å². The van der Waals surface area contributed by atoms with Crippen molar-refractivity contribution < 1.29 is 18.1 Å². The molecule has 0 saturated heterocycles. The van der Waals surface area contributed by atoms with E-state index in [4.69, 9.17) is 0 Å². The number of carbonyl (C=O) groups is 1. The molecule has 8 nitrogen and oxygen atoms in total. The van der Waals surface area contributed by atoms with E-state index >= 15 is 0 Å². The number of hydrogen-bond donors (Lipinski definition) is 1. The van der Waals surface area contributed by atoms with Crippen LogP contribution in [0.2, 0.25) is 0 Å². The van der Waals surface area contributed by atoms with Gasteiger partial charge in [-0.05, 0) is 26.2 Å². The largest absolute Gasteiger partial charge is 0.351 e. The zero-order valence-electron chi connectivity index (χ0n) is 12.7. The van der Waals surface area contributed by atoms with Crippen LogP contribution in [-0.2, 0) is 9.84 Å². The van der Waals surface area contributed by atoms with Crippen molar-refractivity contribution in [2.24, 2.45) is 0 Å². The van der Waals surface area contributed by atoms with E-state index in [-0.39, 0.29) is 16.2 Å². The lowest BCUT2D eigenvalue weighted by Crippen LogP contribution is -2.31. The number of benzene rings is 1. The molecule has 0 unspecified atom stereocenters. The first-order valence-corrected chi connectivity index (χ1v) is 8.28. The van der Waals surface area contributed by atoms with Gasteiger partial charge < -0.3 is 10.2 Å². The Labute approximate surface area is 129 Å². The standard InChI is InChI=1S/C13H19N3O5S/c1-4-22(20,21)10-5-6-11(12(9-10)16(18)19)13(17)14-7-8-15(2)3/h5-6,9H,4,7-8H2,1-3H3,(H,14,17). The second-order valence-electron chi connectivity index (χ2n) is 4.90. The maximum Gasteiger partial charge on any atom is 0.283 e. The molecule has 0 heterocycles. The van der Waals surface area contributed by atoms with Gasteiger partial charge >= 0.3 is 0 Å². The van der Waals surface area contributed by atoms with Crippen molar-refractivity contribution in [3.8, 4) is 0 Å². The molecule has 0 atom stereocenters. The molecule has 0 spiro atoms. The quantitative estimate of drug-likeness (QED) is 0.582. The molecule has 0 saturated carbocycles. The summed E-state index contributed by atoms with van der Waals surface area (Å²) in [6, 6.07) is 3.32. The fourth-order valence-corrected chi connectivity index (χ4v) is 2.60. The number of nitrogens with one attached hydrogen (secondary N) is 1. The molecule has 22 heavy (non-hydrogen) atoms. The summed E-state index contributed by atoms with van der Waals surface area (Å²) < 4.78 is 23.6. The Kier molecular flexibility index (Phi) is 6.01. The summed E-state index contributed by atoms with van der Waals surface area (Å²) in [5.74, 6) is -0.771. The molecule has 1 amide bonds. The minimum absolute atomic E-state index is 0.154. The molecule has 0 fully saturated rings. The SMILES string of the molecule is CCS(=O)(=O)c1ccc(C(=O)NCCN(C)C)c([N+](=O)[O-])c1. The monoisotopic (exact) mass is 329 g/mol. The van der Waals surface area contributed by atoms with Crippen LogP contribution in [0, 0.1) is 10.1 Å². The van der Waals surface area contributed by atoms with E-state index in [9.17, 15) is 23.3 Å². The van der Waals surface area contributed by atoms with Crippen molar-refractivity contribution in [2.45, 2.75) is 11.8 Å². The number of hydrogen-bond acceptors (Lipinski definition) is 6. The molecule has 1 rings (SSSR count). The normalized spacial score (nSPS) is 11.5. The van der Waals surface area contributed by atoms with E-state index in [1.54, 1.807) is 0 Å². The topological polar surface area (TPSA) is 110 Å². The molecule has 0 aliphatic rings. The van der Waals surface area contributed by atoms with Crippen molar-refractivity contribution in [3.63, 3.8) is 0 Å². The summed E-state index contributed by atoms with van der Waals surface area (Å²) in [5, 5.41) is 13.7. The zero-order chi connectivity index (χ0) is 16.9. The van der Waals surface area contributed by atoms with E-state index in [2.05, 4.69) is 5.32 Å². The third-order valence-corrected chi connectivity index (χ3v) is 4.73. The molecule has 0 bridgehead atoms. The van der Waals surface area contributed by atoms with Crippen molar-refractivity contribution in [1.82, 2.24) is 10.2 Å². The van der Waals surface area contributed by atoms with Gasteiger partial charge in [-0.15, -0.1) is 0 Å². The molecule has 0 aliphatic carbocycles. The summed E-state index contributed by atoms with van der Waals surface area (Å²) in [7, 11) is 0.0970. The fraction of sp³-hybridized carbons (Fsp3) is 0.462. The van der Waals surface area contributed by atoms with Gasteiger partial charge in [0, 0.05) is 19.2 Å². The van der Waals surface area contributed by atoms with Gasteiger partial charge in [0.15, 0.2) is 9.84 Å². The lowest BCUT2D eigenvalue weighted by Gasteiger charge is -2.11. The van der Waals surface area contributed by atoms with Gasteiger partial charge in [0.25, 0.3) is 11.6 Å². The number of amides is 1. The number of nitro groups is 1. The van der Waals surface area contributed by atoms with Crippen LogP contribution >= 0.6 is 0 Å². The first-order chi connectivity index (χ1) is 10.2. The van der Waals surface area contributed by atoms with E-state index in [0.29, 0.717) is 13.1 Å². The number of nitrogens with zero attached hydrogens (tertiary/aromatic N) is 2. The molecule has 9 heteroatoms. The first-order valence-electron chi connectivity index (χ1n) is 6.63. The molecular weight excluding hydrogens is 310 g/mol. The molecule has 0 aliphatic heterocycles. The second kappa shape index (κ2) is 7.32. The van der Waals surface area contributed by atoms with Crippen molar-refractivity contribution >= 4 is 21.4 Å². The third-order valence-electron chi connectivity index (χ3n) is 2.99. The highest BCUT2D eigenvalue weighted by Gasteiger charge is 2.23. The van der Waals surface area contributed by atoms with Crippen LogP contribution in [0.25, 0.3) is 0 Å². The lowest BCUT2D eigenvalue weighted by atomic mass is 10.1. The number of rotatable bonds is 7. The van der Waals surface area contributed by atoms with E-state index in [1.807, 2.05) is 19.0 Å². The predicted octanol–water partition coefficient (Wildman–Crippen LogP) is 0.680.